The molecular weight excluding hydrogens is 333 g/mol. The number of benzene rings is 2. The first-order chi connectivity index (χ1) is 12.5. The summed E-state index contributed by atoms with van der Waals surface area (Å²) < 4.78 is 19.1. The van der Waals surface area contributed by atoms with E-state index in [1.807, 2.05) is 32.0 Å². The number of hydrogen-bond donors (Lipinski definition) is 0. The predicted octanol–water partition coefficient (Wildman–Crippen LogP) is 4.01. The summed E-state index contributed by atoms with van der Waals surface area (Å²) in [5.74, 6) is 0.00924. The maximum atomic E-state index is 13.9. The number of amides is 1. The highest BCUT2D eigenvalue weighted by atomic mass is 19.1. The Labute approximate surface area is 150 Å². The molecule has 0 bridgehead atoms. The quantitative estimate of drug-likeness (QED) is 0.715. The van der Waals surface area contributed by atoms with E-state index in [4.69, 9.17) is 4.52 Å². The van der Waals surface area contributed by atoms with Gasteiger partial charge in [0.25, 0.3) is 5.89 Å². The fourth-order valence-corrected chi connectivity index (χ4v) is 3.27. The summed E-state index contributed by atoms with van der Waals surface area (Å²) in [5.41, 5.74) is 3.32. The van der Waals surface area contributed by atoms with E-state index >= 15 is 0 Å². The van der Waals surface area contributed by atoms with Crippen LogP contribution in [0.4, 0.5) is 10.1 Å². The van der Waals surface area contributed by atoms with Gasteiger partial charge in [-0.25, -0.2) is 4.39 Å². The fraction of sp³-hybridized carbons (Fsp3) is 0.250. The second-order valence-corrected chi connectivity index (χ2v) is 6.63. The van der Waals surface area contributed by atoms with Gasteiger partial charge in [-0.2, -0.15) is 4.98 Å². The average Bonchev–Trinajstić information content (AvgIpc) is 3.24. The van der Waals surface area contributed by atoms with E-state index in [2.05, 4.69) is 10.1 Å². The van der Waals surface area contributed by atoms with Gasteiger partial charge in [-0.1, -0.05) is 29.4 Å². The molecule has 6 heteroatoms. The third kappa shape index (κ3) is 2.87. The van der Waals surface area contributed by atoms with Gasteiger partial charge in [0.1, 0.15) is 5.82 Å². The molecule has 1 fully saturated rings. The molecular formula is C20H18FN3O2. The Morgan fingerprint density at radius 2 is 2.00 bits per heavy atom. The van der Waals surface area contributed by atoms with Crippen molar-refractivity contribution in [1.29, 1.82) is 0 Å². The van der Waals surface area contributed by atoms with Crippen molar-refractivity contribution in [3.63, 3.8) is 0 Å². The maximum absolute atomic E-state index is 13.9. The molecule has 0 radical (unpaired) electrons. The monoisotopic (exact) mass is 351 g/mol. The molecule has 0 saturated carbocycles. The van der Waals surface area contributed by atoms with Crippen LogP contribution in [-0.4, -0.2) is 22.6 Å². The first-order valence-electron chi connectivity index (χ1n) is 8.49. The molecule has 0 aliphatic carbocycles. The van der Waals surface area contributed by atoms with Crippen LogP contribution in [0.1, 0.15) is 29.3 Å². The van der Waals surface area contributed by atoms with Crippen molar-refractivity contribution in [3.8, 4) is 11.5 Å². The second-order valence-electron chi connectivity index (χ2n) is 6.63. The van der Waals surface area contributed by atoms with Crippen LogP contribution < -0.4 is 4.90 Å². The van der Waals surface area contributed by atoms with Crippen molar-refractivity contribution in [1.82, 2.24) is 10.1 Å². The van der Waals surface area contributed by atoms with Crippen molar-refractivity contribution in [2.45, 2.75) is 26.2 Å². The first-order valence-corrected chi connectivity index (χ1v) is 8.49. The summed E-state index contributed by atoms with van der Waals surface area (Å²) in [5, 5.41) is 3.99. The van der Waals surface area contributed by atoms with E-state index < -0.39 is 5.82 Å². The minimum Gasteiger partial charge on any atom is -0.334 e. The summed E-state index contributed by atoms with van der Waals surface area (Å²) in [4.78, 5) is 18.6. The summed E-state index contributed by atoms with van der Waals surface area (Å²) in [6, 6.07) is 12.3. The molecule has 0 N–H and O–H groups in total. The molecule has 1 amide bonds. The summed E-state index contributed by atoms with van der Waals surface area (Å²) in [6.07, 6.45) is 0.309. The lowest BCUT2D eigenvalue weighted by molar-refractivity contribution is -0.117. The zero-order valence-corrected chi connectivity index (χ0v) is 14.6. The molecule has 1 aliphatic heterocycles. The van der Waals surface area contributed by atoms with Crippen molar-refractivity contribution < 1.29 is 13.7 Å². The van der Waals surface area contributed by atoms with Gasteiger partial charge in [0.15, 0.2) is 5.82 Å². The third-order valence-electron chi connectivity index (χ3n) is 4.69. The van der Waals surface area contributed by atoms with Crippen LogP contribution in [0, 0.1) is 19.7 Å². The van der Waals surface area contributed by atoms with Crippen LogP contribution in [0.3, 0.4) is 0 Å². The first kappa shape index (κ1) is 16.4. The number of nitrogens with zero attached hydrogens (tertiary/aromatic N) is 3. The van der Waals surface area contributed by atoms with Gasteiger partial charge in [-0.15, -0.1) is 0 Å². The largest absolute Gasteiger partial charge is 0.334 e. The van der Waals surface area contributed by atoms with Gasteiger partial charge in [0, 0.05) is 24.6 Å². The van der Waals surface area contributed by atoms with Gasteiger partial charge in [0.05, 0.1) is 5.56 Å². The van der Waals surface area contributed by atoms with Crippen LogP contribution in [0.2, 0.25) is 0 Å². The number of hydrogen-bond acceptors (Lipinski definition) is 4. The zero-order valence-electron chi connectivity index (χ0n) is 14.6. The van der Waals surface area contributed by atoms with Crippen molar-refractivity contribution >= 4 is 11.6 Å². The normalized spacial score (nSPS) is 17.1. The standard InChI is InChI=1S/C20H18FN3O2/c1-12-7-8-13(2)17(9-12)24-11-14(10-18(24)25)19-22-20(26-23-19)15-5-3-4-6-16(15)21/h3-9,14H,10-11H2,1-2H3. The molecule has 3 aromatic rings. The van der Waals surface area contributed by atoms with Crippen LogP contribution >= 0.6 is 0 Å². The fourth-order valence-electron chi connectivity index (χ4n) is 3.27. The predicted molar refractivity (Wildman–Crippen MR) is 95.3 cm³/mol. The molecule has 4 rings (SSSR count). The third-order valence-corrected chi connectivity index (χ3v) is 4.69. The number of anilines is 1. The van der Waals surface area contributed by atoms with Crippen molar-refractivity contribution in [2.75, 3.05) is 11.4 Å². The van der Waals surface area contributed by atoms with E-state index in [0.29, 0.717) is 18.8 Å². The highest BCUT2D eigenvalue weighted by Crippen LogP contribution is 2.33. The summed E-state index contributed by atoms with van der Waals surface area (Å²) >= 11 is 0. The maximum Gasteiger partial charge on any atom is 0.260 e. The summed E-state index contributed by atoms with van der Waals surface area (Å²) in [6.45, 7) is 4.47. The Morgan fingerprint density at radius 1 is 1.19 bits per heavy atom. The molecule has 1 unspecified atom stereocenters. The Balaban J connectivity index is 1.60. The highest BCUT2D eigenvalue weighted by molar-refractivity contribution is 5.97. The van der Waals surface area contributed by atoms with E-state index in [0.717, 1.165) is 16.8 Å². The van der Waals surface area contributed by atoms with Crippen LogP contribution in [0.5, 0.6) is 0 Å². The lowest BCUT2D eigenvalue weighted by atomic mass is 10.1. The van der Waals surface area contributed by atoms with Crippen molar-refractivity contribution in [3.05, 3.63) is 65.2 Å². The molecule has 5 nitrogen and oxygen atoms in total. The molecule has 132 valence electrons. The lowest BCUT2D eigenvalue weighted by Gasteiger charge is -2.19. The molecule has 0 spiro atoms. The lowest BCUT2D eigenvalue weighted by Crippen LogP contribution is -2.25. The Morgan fingerprint density at radius 3 is 2.81 bits per heavy atom. The molecule has 2 heterocycles. The number of aryl methyl sites for hydroxylation is 2. The Hall–Kier alpha value is -3.02. The molecule has 1 atom stereocenters. The van der Waals surface area contributed by atoms with Crippen LogP contribution in [-0.2, 0) is 4.79 Å². The van der Waals surface area contributed by atoms with Gasteiger partial charge in [-0.3, -0.25) is 4.79 Å². The molecule has 1 saturated heterocycles. The van der Waals surface area contributed by atoms with E-state index in [9.17, 15) is 9.18 Å². The number of rotatable bonds is 3. The Bertz CT molecular complexity index is 983. The van der Waals surface area contributed by atoms with Crippen LogP contribution in [0.15, 0.2) is 47.0 Å². The van der Waals surface area contributed by atoms with Gasteiger partial charge in [-0.05, 0) is 43.2 Å². The van der Waals surface area contributed by atoms with E-state index in [-0.39, 0.29) is 23.3 Å². The van der Waals surface area contributed by atoms with E-state index in [1.54, 1.807) is 23.1 Å². The SMILES string of the molecule is Cc1ccc(C)c(N2CC(c3noc(-c4ccccc4F)n3)CC2=O)c1. The number of halogens is 1. The molecule has 1 aliphatic rings. The topological polar surface area (TPSA) is 59.2 Å². The highest BCUT2D eigenvalue weighted by Gasteiger charge is 2.35. The minimum atomic E-state index is -0.415. The van der Waals surface area contributed by atoms with Gasteiger partial charge in [0.2, 0.25) is 5.91 Å². The van der Waals surface area contributed by atoms with E-state index in [1.165, 1.54) is 6.07 Å². The number of aromatic nitrogens is 2. The second kappa shape index (κ2) is 6.37. The Kier molecular flexibility index (Phi) is 4.03. The smallest absolute Gasteiger partial charge is 0.260 e. The zero-order chi connectivity index (χ0) is 18.3. The van der Waals surface area contributed by atoms with Crippen LogP contribution in [0.25, 0.3) is 11.5 Å². The van der Waals surface area contributed by atoms with Crippen molar-refractivity contribution in [2.24, 2.45) is 0 Å². The number of carbonyl (C=O) groups excluding carboxylic acids is 1. The minimum absolute atomic E-state index is 0.0286. The van der Waals surface area contributed by atoms with Gasteiger partial charge >= 0.3 is 0 Å². The molecule has 26 heavy (non-hydrogen) atoms. The molecule has 2 aromatic carbocycles. The average molecular weight is 351 g/mol. The van der Waals surface area contributed by atoms with Gasteiger partial charge < -0.3 is 9.42 Å². The molecule has 1 aromatic heterocycles. The summed E-state index contributed by atoms with van der Waals surface area (Å²) in [7, 11) is 0. The number of carbonyl (C=O) groups is 1.